The molecule has 1 aliphatic rings. The monoisotopic (exact) mass is 576 g/mol. The number of amides is 1. The Hall–Kier alpha value is -3.57. The topological polar surface area (TPSA) is 95.9 Å². The second kappa shape index (κ2) is 12.3. The summed E-state index contributed by atoms with van der Waals surface area (Å²) in [7, 11) is -3.34. The van der Waals surface area contributed by atoms with E-state index in [2.05, 4.69) is 10.2 Å². The van der Waals surface area contributed by atoms with Crippen molar-refractivity contribution in [2.75, 3.05) is 30.3 Å². The Labute approximate surface area is 231 Å². The molecule has 1 unspecified atom stereocenters. The van der Waals surface area contributed by atoms with E-state index in [4.69, 9.17) is 4.74 Å². The van der Waals surface area contributed by atoms with Crippen LogP contribution in [0.1, 0.15) is 47.3 Å². The number of rotatable bonds is 10. The van der Waals surface area contributed by atoms with E-state index >= 15 is 0 Å². The third kappa shape index (κ3) is 7.14. The summed E-state index contributed by atoms with van der Waals surface area (Å²) < 4.78 is 68.4. The highest BCUT2D eigenvalue weighted by atomic mass is 32.2. The molecule has 1 saturated heterocycles. The van der Waals surface area contributed by atoms with Gasteiger partial charge in [0.15, 0.2) is 9.84 Å². The lowest BCUT2D eigenvalue weighted by Gasteiger charge is -2.21. The maximum atomic E-state index is 13.0. The van der Waals surface area contributed by atoms with Crippen molar-refractivity contribution in [3.63, 3.8) is 0 Å². The number of carbonyl (C=O) groups is 1. The van der Waals surface area contributed by atoms with Gasteiger partial charge < -0.3 is 20.1 Å². The van der Waals surface area contributed by atoms with Gasteiger partial charge in [-0.1, -0.05) is 19.1 Å². The molecule has 7 nitrogen and oxygen atoms in total. The number of aliphatic hydroxyl groups excluding tert-OH is 1. The van der Waals surface area contributed by atoms with Gasteiger partial charge in [-0.25, -0.2) is 8.42 Å². The van der Waals surface area contributed by atoms with Crippen molar-refractivity contribution in [1.82, 2.24) is 5.32 Å². The standard InChI is InChI=1S/C29H31F3N2O5S/c1-2-40(37,38)26-13-5-20(6-14-26)27(16-18-35)33-28(36)21-3-9-23(10-4-21)34-17-15-25(19-34)39-24-11-7-22(8-12-24)29(30,31)32/h3-14,25,27,35H,2,15-19H2,1H3,(H,33,36)/t25-,27?/m0/s1. The largest absolute Gasteiger partial charge is 0.489 e. The molecule has 1 fully saturated rings. The maximum absolute atomic E-state index is 13.0. The number of halogens is 3. The number of hydrogen-bond donors (Lipinski definition) is 2. The van der Waals surface area contributed by atoms with E-state index in [1.165, 1.54) is 24.3 Å². The predicted octanol–water partition coefficient (Wildman–Crippen LogP) is 5.01. The van der Waals surface area contributed by atoms with Crippen molar-refractivity contribution in [2.45, 2.75) is 43.0 Å². The summed E-state index contributed by atoms with van der Waals surface area (Å²) in [5, 5.41) is 12.4. The lowest BCUT2D eigenvalue weighted by molar-refractivity contribution is -0.137. The average molecular weight is 577 g/mol. The van der Waals surface area contributed by atoms with Gasteiger partial charge in [0.05, 0.1) is 28.8 Å². The third-order valence-electron chi connectivity index (χ3n) is 6.87. The zero-order valence-corrected chi connectivity index (χ0v) is 22.7. The van der Waals surface area contributed by atoms with Crippen LogP contribution in [0.25, 0.3) is 0 Å². The lowest BCUT2D eigenvalue weighted by atomic mass is 10.0. The highest BCUT2D eigenvalue weighted by molar-refractivity contribution is 7.91. The molecule has 4 rings (SSSR count). The van der Waals surface area contributed by atoms with Crippen LogP contribution in [-0.2, 0) is 16.0 Å². The molecule has 40 heavy (non-hydrogen) atoms. The first-order valence-electron chi connectivity index (χ1n) is 12.9. The van der Waals surface area contributed by atoms with Crippen LogP contribution >= 0.6 is 0 Å². The van der Waals surface area contributed by atoms with Crippen LogP contribution in [-0.4, -0.2) is 51.0 Å². The van der Waals surface area contributed by atoms with E-state index in [9.17, 15) is 31.5 Å². The molecule has 214 valence electrons. The van der Waals surface area contributed by atoms with E-state index in [-0.39, 0.29) is 35.7 Å². The highest BCUT2D eigenvalue weighted by Crippen LogP contribution is 2.31. The number of sulfone groups is 1. The summed E-state index contributed by atoms with van der Waals surface area (Å²) in [4.78, 5) is 15.2. The van der Waals surface area contributed by atoms with Crippen molar-refractivity contribution in [2.24, 2.45) is 0 Å². The fourth-order valence-corrected chi connectivity index (χ4v) is 5.45. The fraction of sp³-hybridized carbons (Fsp3) is 0.345. The number of ether oxygens (including phenoxy) is 1. The minimum atomic E-state index is -4.39. The van der Waals surface area contributed by atoms with Crippen LogP contribution in [0, 0.1) is 0 Å². The Morgan fingerprint density at radius 1 is 1.05 bits per heavy atom. The van der Waals surface area contributed by atoms with Crippen molar-refractivity contribution in [1.29, 1.82) is 0 Å². The quantitative estimate of drug-likeness (QED) is 0.352. The van der Waals surface area contributed by atoms with Crippen LogP contribution in [0.15, 0.2) is 77.7 Å². The van der Waals surface area contributed by atoms with Crippen LogP contribution < -0.4 is 15.0 Å². The van der Waals surface area contributed by atoms with Crippen molar-refractivity contribution < 1.29 is 36.2 Å². The smallest absolute Gasteiger partial charge is 0.416 e. The van der Waals surface area contributed by atoms with Gasteiger partial charge in [0.25, 0.3) is 5.91 Å². The van der Waals surface area contributed by atoms with Gasteiger partial charge in [0, 0.05) is 30.8 Å². The first-order valence-corrected chi connectivity index (χ1v) is 14.6. The summed E-state index contributed by atoms with van der Waals surface area (Å²) in [6.45, 7) is 2.65. The number of nitrogens with one attached hydrogen (secondary N) is 1. The van der Waals surface area contributed by atoms with E-state index < -0.39 is 27.6 Å². The third-order valence-corrected chi connectivity index (χ3v) is 8.62. The molecular weight excluding hydrogens is 545 g/mol. The summed E-state index contributed by atoms with van der Waals surface area (Å²) in [5.41, 5.74) is 1.27. The van der Waals surface area contributed by atoms with Crippen LogP contribution in [0.3, 0.4) is 0 Å². The molecule has 0 aromatic heterocycles. The SMILES string of the molecule is CCS(=O)(=O)c1ccc(C(CCO)NC(=O)c2ccc(N3CC[C@H](Oc4ccc(C(F)(F)F)cc4)C3)cc2)cc1. The molecule has 0 bridgehead atoms. The number of carbonyl (C=O) groups excluding carboxylic acids is 1. The molecule has 3 aromatic rings. The van der Waals surface area contributed by atoms with Gasteiger partial charge in [-0.15, -0.1) is 0 Å². The first kappa shape index (κ1) is 29.4. The minimum absolute atomic E-state index is 0.0105. The lowest BCUT2D eigenvalue weighted by Crippen LogP contribution is -2.29. The van der Waals surface area contributed by atoms with Crippen LogP contribution in [0.2, 0.25) is 0 Å². The molecule has 2 atom stereocenters. The van der Waals surface area contributed by atoms with Crippen molar-refractivity contribution >= 4 is 21.4 Å². The Kier molecular flexibility index (Phi) is 9.05. The summed E-state index contributed by atoms with van der Waals surface area (Å²) in [6.07, 6.45) is -3.61. The zero-order valence-electron chi connectivity index (χ0n) is 21.9. The summed E-state index contributed by atoms with van der Waals surface area (Å²) >= 11 is 0. The molecule has 1 heterocycles. The zero-order chi connectivity index (χ0) is 28.9. The molecule has 0 radical (unpaired) electrons. The van der Waals surface area contributed by atoms with Crippen LogP contribution in [0.5, 0.6) is 5.75 Å². The molecular formula is C29H31F3N2O5S. The Balaban J connectivity index is 1.35. The highest BCUT2D eigenvalue weighted by Gasteiger charge is 2.30. The first-order chi connectivity index (χ1) is 19.0. The minimum Gasteiger partial charge on any atom is -0.489 e. The second-order valence-corrected chi connectivity index (χ2v) is 11.8. The molecule has 2 N–H and O–H groups in total. The molecule has 0 spiro atoms. The Morgan fingerprint density at radius 3 is 2.27 bits per heavy atom. The van der Waals surface area contributed by atoms with E-state index in [0.29, 0.717) is 36.4 Å². The molecule has 1 amide bonds. The van der Waals surface area contributed by atoms with Crippen molar-refractivity contribution in [3.8, 4) is 5.75 Å². The number of hydrogen-bond acceptors (Lipinski definition) is 6. The summed E-state index contributed by atoms with van der Waals surface area (Å²) in [5.74, 6) is 0.0368. The number of nitrogens with zero attached hydrogens (tertiary/aromatic N) is 1. The van der Waals surface area contributed by atoms with Gasteiger partial charge in [-0.05, 0) is 72.6 Å². The molecule has 11 heteroatoms. The predicted molar refractivity (Wildman–Crippen MR) is 145 cm³/mol. The van der Waals surface area contributed by atoms with Crippen LogP contribution in [0.4, 0.5) is 18.9 Å². The molecule has 1 aliphatic heterocycles. The maximum Gasteiger partial charge on any atom is 0.416 e. The van der Waals surface area contributed by atoms with Gasteiger partial charge in [0.1, 0.15) is 11.9 Å². The normalized spacial score (nSPS) is 16.5. The van der Waals surface area contributed by atoms with E-state index in [1.54, 1.807) is 31.2 Å². The van der Waals surface area contributed by atoms with E-state index in [1.807, 2.05) is 12.1 Å². The molecule has 0 saturated carbocycles. The van der Waals surface area contributed by atoms with Crippen molar-refractivity contribution in [3.05, 3.63) is 89.5 Å². The molecule has 0 aliphatic carbocycles. The van der Waals surface area contributed by atoms with E-state index in [0.717, 1.165) is 17.8 Å². The average Bonchev–Trinajstić information content (AvgIpc) is 3.41. The van der Waals surface area contributed by atoms with Gasteiger partial charge in [0.2, 0.25) is 0 Å². The van der Waals surface area contributed by atoms with Gasteiger partial charge in [-0.3, -0.25) is 4.79 Å². The number of benzene rings is 3. The van der Waals surface area contributed by atoms with Gasteiger partial charge >= 0.3 is 6.18 Å². The van der Waals surface area contributed by atoms with Gasteiger partial charge in [-0.2, -0.15) is 13.2 Å². The fourth-order valence-electron chi connectivity index (χ4n) is 4.56. The second-order valence-electron chi connectivity index (χ2n) is 9.55. The Bertz CT molecular complexity index is 1390. The number of anilines is 1. The summed E-state index contributed by atoms with van der Waals surface area (Å²) in [6, 6.07) is 17.5. The number of aliphatic hydroxyl groups is 1. The Morgan fingerprint density at radius 2 is 1.70 bits per heavy atom. The molecule has 3 aromatic carbocycles. The number of alkyl halides is 3.